The van der Waals surface area contributed by atoms with Crippen LogP contribution in [-0.4, -0.2) is 16.5 Å². The van der Waals surface area contributed by atoms with E-state index in [9.17, 15) is 10.1 Å². The number of aromatic nitrogens is 1. The molecule has 1 aromatic heterocycles. The Morgan fingerprint density at radius 2 is 2.31 bits per heavy atom. The molecule has 1 saturated carbocycles. The van der Waals surface area contributed by atoms with Gasteiger partial charge in [0.15, 0.2) is 0 Å². The molecule has 0 aliphatic heterocycles. The van der Waals surface area contributed by atoms with E-state index in [4.69, 9.17) is 0 Å². The molecule has 1 heterocycles. The van der Waals surface area contributed by atoms with Crippen LogP contribution in [0, 0.1) is 22.5 Å². The first-order valence-electron chi connectivity index (χ1n) is 5.35. The highest BCUT2D eigenvalue weighted by atomic mass is 16.6. The van der Waals surface area contributed by atoms with Crippen molar-refractivity contribution in [1.82, 2.24) is 4.98 Å². The molecule has 1 aliphatic rings. The van der Waals surface area contributed by atoms with E-state index in [0.717, 1.165) is 17.9 Å². The number of pyridine rings is 1. The zero-order valence-electron chi connectivity index (χ0n) is 9.49. The summed E-state index contributed by atoms with van der Waals surface area (Å²) in [5, 5.41) is 13.8. The third-order valence-electron chi connectivity index (χ3n) is 3.06. The van der Waals surface area contributed by atoms with Crippen LogP contribution in [0.3, 0.4) is 0 Å². The Morgan fingerprint density at radius 3 is 2.81 bits per heavy atom. The quantitative estimate of drug-likeness (QED) is 0.626. The Balaban J connectivity index is 2.07. The number of nitrogens with zero attached hydrogens (tertiary/aromatic N) is 2. The molecule has 0 bridgehead atoms. The number of aryl methyl sites for hydroxylation is 1. The van der Waals surface area contributed by atoms with Crippen LogP contribution in [0.1, 0.15) is 25.3 Å². The molecule has 1 aliphatic carbocycles. The minimum absolute atomic E-state index is 0.0423. The summed E-state index contributed by atoms with van der Waals surface area (Å²) < 4.78 is 0. The van der Waals surface area contributed by atoms with Gasteiger partial charge in [-0.15, -0.1) is 0 Å². The predicted octanol–water partition coefficient (Wildman–Crippen LogP) is 2.51. The molecule has 0 spiro atoms. The molecule has 5 heteroatoms. The summed E-state index contributed by atoms with van der Waals surface area (Å²) in [6.45, 7) is 4.94. The number of rotatable bonds is 4. The lowest BCUT2D eigenvalue weighted by Gasteiger charge is -2.12. The smallest absolute Gasteiger partial charge is 0.287 e. The average Bonchev–Trinajstić information content (AvgIpc) is 2.95. The van der Waals surface area contributed by atoms with Gasteiger partial charge in [0, 0.05) is 12.6 Å². The van der Waals surface area contributed by atoms with Gasteiger partial charge in [-0.1, -0.05) is 6.92 Å². The van der Waals surface area contributed by atoms with Crippen LogP contribution < -0.4 is 5.32 Å². The first-order chi connectivity index (χ1) is 7.50. The van der Waals surface area contributed by atoms with Crippen LogP contribution in [-0.2, 0) is 0 Å². The van der Waals surface area contributed by atoms with Crippen molar-refractivity contribution in [3.8, 4) is 0 Å². The standard InChI is InChI=1S/C11H15N3O2/c1-8-5-9(14(15)16)6-12-10(8)13-7-11(2)3-4-11/h5-6H,3-4,7H2,1-2H3,(H,12,13). The highest BCUT2D eigenvalue weighted by molar-refractivity contribution is 5.48. The minimum atomic E-state index is -0.425. The third-order valence-corrected chi connectivity index (χ3v) is 3.06. The van der Waals surface area contributed by atoms with Crippen molar-refractivity contribution in [3.63, 3.8) is 0 Å². The van der Waals surface area contributed by atoms with Crippen LogP contribution in [0.25, 0.3) is 0 Å². The Hall–Kier alpha value is -1.65. The molecule has 86 valence electrons. The van der Waals surface area contributed by atoms with Gasteiger partial charge in [-0.25, -0.2) is 4.98 Å². The molecule has 1 fully saturated rings. The summed E-state index contributed by atoms with van der Waals surface area (Å²) in [6, 6.07) is 1.55. The maximum atomic E-state index is 10.5. The van der Waals surface area contributed by atoms with Crippen LogP contribution in [0.15, 0.2) is 12.3 Å². The zero-order valence-corrected chi connectivity index (χ0v) is 9.49. The van der Waals surface area contributed by atoms with Gasteiger partial charge >= 0.3 is 0 Å². The molecule has 2 rings (SSSR count). The van der Waals surface area contributed by atoms with Crippen molar-refractivity contribution in [2.75, 3.05) is 11.9 Å². The van der Waals surface area contributed by atoms with Gasteiger partial charge in [0.2, 0.25) is 0 Å². The fourth-order valence-corrected chi connectivity index (χ4v) is 1.53. The Morgan fingerprint density at radius 1 is 1.62 bits per heavy atom. The van der Waals surface area contributed by atoms with E-state index in [0.29, 0.717) is 5.41 Å². The number of hydrogen-bond donors (Lipinski definition) is 1. The molecule has 0 atom stereocenters. The van der Waals surface area contributed by atoms with Gasteiger partial charge in [0.25, 0.3) is 5.69 Å². The van der Waals surface area contributed by atoms with E-state index in [1.807, 2.05) is 6.92 Å². The van der Waals surface area contributed by atoms with Gasteiger partial charge in [-0.3, -0.25) is 10.1 Å². The molecule has 1 N–H and O–H groups in total. The maximum Gasteiger partial charge on any atom is 0.287 e. The van der Waals surface area contributed by atoms with E-state index in [2.05, 4.69) is 17.2 Å². The summed E-state index contributed by atoms with van der Waals surface area (Å²) in [5.41, 5.74) is 1.26. The number of hydrogen-bond acceptors (Lipinski definition) is 4. The molecule has 5 nitrogen and oxygen atoms in total. The largest absolute Gasteiger partial charge is 0.369 e. The predicted molar refractivity (Wildman–Crippen MR) is 61.5 cm³/mol. The molecule has 0 amide bonds. The summed E-state index contributed by atoms with van der Waals surface area (Å²) in [7, 11) is 0. The highest BCUT2D eigenvalue weighted by Crippen LogP contribution is 2.44. The minimum Gasteiger partial charge on any atom is -0.369 e. The fourth-order valence-electron chi connectivity index (χ4n) is 1.53. The fraction of sp³-hybridized carbons (Fsp3) is 0.545. The van der Waals surface area contributed by atoms with Gasteiger partial charge in [-0.05, 0) is 30.7 Å². The van der Waals surface area contributed by atoms with Crippen LogP contribution >= 0.6 is 0 Å². The van der Waals surface area contributed by atoms with Crippen LogP contribution in [0.5, 0.6) is 0 Å². The zero-order chi connectivity index (χ0) is 11.8. The number of nitrogens with one attached hydrogen (secondary N) is 1. The van der Waals surface area contributed by atoms with E-state index >= 15 is 0 Å². The van der Waals surface area contributed by atoms with Crippen LogP contribution in [0.4, 0.5) is 11.5 Å². The maximum absolute atomic E-state index is 10.5. The number of anilines is 1. The molecule has 0 aromatic carbocycles. The van der Waals surface area contributed by atoms with Crippen molar-refractivity contribution < 1.29 is 4.92 Å². The first-order valence-corrected chi connectivity index (χ1v) is 5.35. The molecular weight excluding hydrogens is 206 g/mol. The van der Waals surface area contributed by atoms with Crippen molar-refractivity contribution in [3.05, 3.63) is 27.9 Å². The SMILES string of the molecule is Cc1cc([N+](=O)[O-])cnc1NCC1(C)CC1. The molecule has 0 radical (unpaired) electrons. The second-order valence-electron chi connectivity index (χ2n) is 4.78. The van der Waals surface area contributed by atoms with Crippen molar-refractivity contribution in [2.24, 2.45) is 5.41 Å². The molecule has 0 unspecified atom stereocenters. The summed E-state index contributed by atoms with van der Waals surface area (Å²) >= 11 is 0. The first kappa shape index (κ1) is 10.9. The average molecular weight is 221 g/mol. The van der Waals surface area contributed by atoms with Crippen molar-refractivity contribution in [2.45, 2.75) is 26.7 Å². The van der Waals surface area contributed by atoms with E-state index < -0.39 is 4.92 Å². The highest BCUT2D eigenvalue weighted by Gasteiger charge is 2.36. The summed E-state index contributed by atoms with van der Waals surface area (Å²) in [5.74, 6) is 0.749. The van der Waals surface area contributed by atoms with E-state index in [1.54, 1.807) is 6.07 Å². The van der Waals surface area contributed by atoms with Crippen LogP contribution in [0.2, 0.25) is 0 Å². The van der Waals surface area contributed by atoms with Gasteiger partial charge < -0.3 is 5.32 Å². The lowest BCUT2D eigenvalue weighted by molar-refractivity contribution is -0.385. The van der Waals surface area contributed by atoms with Gasteiger partial charge in [-0.2, -0.15) is 0 Å². The summed E-state index contributed by atoms with van der Waals surface area (Å²) in [6.07, 6.45) is 3.78. The Kier molecular flexibility index (Phi) is 2.53. The Labute approximate surface area is 94.0 Å². The Bertz CT molecular complexity index is 427. The lowest BCUT2D eigenvalue weighted by atomic mass is 10.1. The molecule has 16 heavy (non-hydrogen) atoms. The lowest BCUT2D eigenvalue weighted by Crippen LogP contribution is -2.13. The van der Waals surface area contributed by atoms with E-state index in [1.165, 1.54) is 19.0 Å². The molecule has 1 aromatic rings. The van der Waals surface area contributed by atoms with E-state index in [-0.39, 0.29) is 5.69 Å². The molecule has 0 saturated heterocycles. The monoisotopic (exact) mass is 221 g/mol. The number of nitro groups is 1. The third kappa shape index (κ3) is 2.29. The van der Waals surface area contributed by atoms with Crippen molar-refractivity contribution in [1.29, 1.82) is 0 Å². The van der Waals surface area contributed by atoms with Gasteiger partial charge in [0.05, 0.1) is 4.92 Å². The topological polar surface area (TPSA) is 68.1 Å². The second-order valence-corrected chi connectivity index (χ2v) is 4.78. The summed E-state index contributed by atoms with van der Waals surface area (Å²) in [4.78, 5) is 14.2. The second kappa shape index (κ2) is 3.73. The normalized spacial score (nSPS) is 16.9. The molecular formula is C11H15N3O2. The van der Waals surface area contributed by atoms with Gasteiger partial charge in [0.1, 0.15) is 12.0 Å². The van der Waals surface area contributed by atoms with Crippen molar-refractivity contribution >= 4 is 11.5 Å².